The molecule has 0 amide bonds. The Balaban J connectivity index is 2.16. The molecule has 0 aromatic heterocycles. The summed E-state index contributed by atoms with van der Waals surface area (Å²) in [5.41, 5.74) is 5.79. The Bertz CT molecular complexity index is 261. The largest absolute Gasteiger partial charge is 0.328 e. The summed E-state index contributed by atoms with van der Waals surface area (Å²) in [6.07, 6.45) is 5.24. The van der Waals surface area contributed by atoms with Gasteiger partial charge in [-0.2, -0.15) is 0 Å². The van der Waals surface area contributed by atoms with Gasteiger partial charge in [0.15, 0.2) is 0 Å². The fourth-order valence-electron chi connectivity index (χ4n) is 2.11. The van der Waals surface area contributed by atoms with E-state index in [4.69, 9.17) is 5.73 Å². The third-order valence-corrected chi connectivity index (χ3v) is 4.88. The number of nitrogens with two attached hydrogens (primary N) is 1. The summed E-state index contributed by atoms with van der Waals surface area (Å²) >= 11 is 0. The van der Waals surface area contributed by atoms with Crippen LogP contribution < -0.4 is 5.73 Å². The van der Waals surface area contributed by atoms with Gasteiger partial charge in [-0.3, -0.25) is 0 Å². The predicted octanol–water partition coefficient (Wildman–Crippen LogP) is 1.33. The van der Waals surface area contributed by atoms with Crippen molar-refractivity contribution in [1.29, 1.82) is 0 Å². The summed E-state index contributed by atoms with van der Waals surface area (Å²) in [6, 6.07) is 0.364. The van der Waals surface area contributed by atoms with Crippen molar-refractivity contribution in [3.05, 3.63) is 0 Å². The molecule has 0 heterocycles. The Labute approximate surface area is 87.0 Å². The highest BCUT2D eigenvalue weighted by Crippen LogP contribution is 2.28. The maximum atomic E-state index is 11.2. The van der Waals surface area contributed by atoms with Gasteiger partial charge in [-0.05, 0) is 38.0 Å². The van der Waals surface area contributed by atoms with Gasteiger partial charge in [0.1, 0.15) is 9.84 Å². The monoisotopic (exact) mass is 219 g/mol. The fraction of sp³-hybridized carbons (Fsp3) is 1.00. The summed E-state index contributed by atoms with van der Waals surface area (Å²) in [5, 5.41) is 0. The zero-order valence-corrected chi connectivity index (χ0v) is 9.72. The van der Waals surface area contributed by atoms with Gasteiger partial charge < -0.3 is 5.73 Å². The first-order chi connectivity index (χ1) is 6.53. The second-order valence-corrected chi connectivity index (χ2v) is 6.79. The normalized spacial score (nSPS) is 28.1. The van der Waals surface area contributed by atoms with Gasteiger partial charge in [-0.15, -0.1) is 0 Å². The van der Waals surface area contributed by atoms with Crippen LogP contribution >= 0.6 is 0 Å². The molecular weight excluding hydrogens is 198 g/mol. The topological polar surface area (TPSA) is 60.2 Å². The van der Waals surface area contributed by atoms with Gasteiger partial charge in [0.2, 0.25) is 0 Å². The highest BCUT2D eigenvalue weighted by molar-refractivity contribution is 7.91. The van der Waals surface area contributed by atoms with E-state index in [9.17, 15) is 8.42 Å². The quantitative estimate of drug-likeness (QED) is 0.759. The van der Waals surface area contributed by atoms with Crippen molar-refractivity contribution in [2.75, 3.05) is 11.5 Å². The summed E-state index contributed by atoms with van der Waals surface area (Å²) in [6.45, 7) is 1.71. The second-order valence-electron chi connectivity index (χ2n) is 4.32. The summed E-state index contributed by atoms with van der Waals surface area (Å²) in [4.78, 5) is 0. The van der Waals surface area contributed by atoms with Gasteiger partial charge in [-0.1, -0.05) is 6.92 Å². The molecule has 2 atom stereocenters. The first-order valence-corrected chi connectivity index (χ1v) is 7.31. The van der Waals surface area contributed by atoms with Crippen LogP contribution in [0.15, 0.2) is 0 Å². The third-order valence-electron chi connectivity index (χ3n) is 3.09. The molecule has 4 heteroatoms. The van der Waals surface area contributed by atoms with E-state index < -0.39 is 9.84 Å². The third kappa shape index (κ3) is 3.96. The number of hydrogen-bond acceptors (Lipinski definition) is 3. The van der Waals surface area contributed by atoms with Crippen molar-refractivity contribution in [3.8, 4) is 0 Å². The average Bonchev–Trinajstić information content (AvgIpc) is 2.51. The molecule has 3 nitrogen and oxygen atoms in total. The van der Waals surface area contributed by atoms with E-state index in [1.165, 1.54) is 6.42 Å². The SMILES string of the molecule is CCS(=O)(=O)CCCC1CCC(N)C1. The molecule has 0 aromatic carbocycles. The lowest BCUT2D eigenvalue weighted by Gasteiger charge is -2.08. The van der Waals surface area contributed by atoms with Crippen LogP contribution in [0.4, 0.5) is 0 Å². The van der Waals surface area contributed by atoms with E-state index in [-0.39, 0.29) is 5.75 Å². The van der Waals surface area contributed by atoms with Gasteiger partial charge in [0, 0.05) is 11.8 Å². The highest BCUT2D eigenvalue weighted by atomic mass is 32.2. The van der Waals surface area contributed by atoms with Crippen molar-refractivity contribution in [2.45, 2.75) is 45.1 Å². The van der Waals surface area contributed by atoms with Crippen LogP contribution in [0.5, 0.6) is 0 Å². The van der Waals surface area contributed by atoms with Gasteiger partial charge >= 0.3 is 0 Å². The fourth-order valence-corrected chi connectivity index (χ4v) is 3.01. The molecule has 2 unspecified atom stereocenters. The lowest BCUT2D eigenvalue weighted by Crippen LogP contribution is -2.15. The molecule has 1 rings (SSSR count). The summed E-state index contributed by atoms with van der Waals surface area (Å²) in [5.74, 6) is 1.31. The predicted molar refractivity (Wildman–Crippen MR) is 58.9 cm³/mol. The number of sulfone groups is 1. The smallest absolute Gasteiger partial charge is 0.150 e. The molecule has 84 valence electrons. The lowest BCUT2D eigenvalue weighted by atomic mass is 10.0. The Morgan fingerprint density at radius 2 is 2.07 bits per heavy atom. The summed E-state index contributed by atoms with van der Waals surface area (Å²) < 4.78 is 22.4. The average molecular weight is 219 g/mol. The minimum atomic E-state index is -2.76. The van der Waals surface area contributed by atoms with Crippen LogP contribution in [0.25, 0.3) is 0 Å². The summed E-state index contributed by atoms with van der Waals surface area (Å²) in [7, 11) is -2.76. The Hall–Kier alpha value is -0.0900. The van der Waals surface area contributed by atoms with Crippen molar-refractivity contribution in [3.63, 3.8) is 0 Å². The molecule has 0 spiro atoms. The molecule has 0 bridgehead atoms. The molecule has 1 saturated carbocycles. The van der Waals surface area contributed by atoms with Crippen LogP contribution in [-0.4, -0.2) is 26.0 Å². The molecule has 0 aliphatic heterocycles. The van der Waals surface area contributed by atoms with E-state index in [1.807, 2.05) is 0 Å². The Morgan fingerprint density at radius 3 is 2.57 bits per heavy atom. The van der Waals surface area contributed by atoms with E-state index >= 15 is 0 Å². The van der Waals surface area contributed by atoms with Crippen LogP contribution in [0.2, 0.25) is 0 Å². The standard InChI is InChI=1S/C10H21NO2S/c1-2-14(12,13)7-3-4-9-5-6-10(11)8-9/h9-10H,2-8,11H2,1H3. The molecule has 2 N–H and O–H groups in total. The zero-order valence-electron chi connectivity index (χ0n) is 8.91. The maximum Gasteiger partial charge on any atom is 0.150 e. The molecule has 1 aliphatic carbocycles. The molecule has 14 heavy (non-hydrogen) atoms. The molecule has 1 fully saturated rings. The van der Waals surface area contributed by atoms with E-state index in [0.717, 1.165) is 25.7 Å². The van der Waals surface area contributed by atoms with Gasteiger partial charge in [0.05, 0.1) is 5.75 Å². The van der Waals surface area contributed by atoms with Crippen LogP contribution in [-0.2, 0) is 9.84 Å². The number of hydrogen-bond donors (Lipinski definition) is 1. The van der Waals surface area contributed by atoms with Crippen molar-refractivity contribution < 1.29 is 8.42 Å². The Kier molecular flexibility index (Phi) is 4.38. The molecule has 0 saturated heterocycles. The van der Waals surface area contributed by atoms with Crippen molar-refractivity contribution in [1.82, 2.24) is 0 Å². The van der Waals surface area contributed by atoms with Crippen LogP contribution in [0.3, 0.4) is 0 Å². The van der Waals surface area contributed by atoms with Crippen LogP contribution in [0, 0.1) is 5.92 Å². The van der Waals surface area contributed by atoms with E-state index in [0.29, 0.717) is 17.7 Å². The van der Waals surface area contributed by atoms with Crippen molar-refractivity contribution in [2.24, 2.45) is 11.7 Å². The number of rotatable bonds is 5. The maximum absolute atomic E-state index is 11.2. The first kappa shape index (κ1) is 12.0. The van der Waals surface area contributed by atoms with Crippen molar-refractivity contribution >= 4 is 9.84 Å². The highest BCUT2D eigenvalue weighted by Gasteiger charge is 2.21. The van der Waals surface area contributed by atoms with Crippen LogP contribution in [0.1, 0.15) is 39.0 Å². The molecular formula is C10H21NO2S. The van der Waals surface area contributed by atoms with Gasteiger partial charge in [0.25, 0.3) is 0 Å². The molecule has 1 aliphatic rings. The molecule has 0 aromatic rings. The lowest BCUT2D eigenvalue weighted by molar-refractivity contribution is 0.486. The molecule has 0 radical (unpaired) electrons. The zero-order chi connectivity index (χ0) is 10.6. The van der Waals surface area contributed by atoms with E-state index in [1.54, 1.807) is 6.92 Å². The van der Waals surface area contributed by atoms with E-state index in [2.05, 4.69) is 0 Å². The Morgan fingerprint density at radius 1 is 1.36 bits per heavy atom. The van der Waals surface area contributed by atoms with Gasteiger partial charge in [-0.25, -0.2) is 8.42 Å². The second kappa shape index (κ2) is 5.12. The minimum Gasteiger partial charge on any atom is -0.328 e. The first-order valence-electron chi connectivity index (χ1n) is 5.49. The minimum absolute atomic E-state index is 0.275.